The molecule has 0 aromatic heterocycles. The highest BCUT2D eigenvalue weighted by atomic mass is 35.6. The minimum absolute atomic E-state index is 0.127. The van der Waals surface area contributed by atoms with Gasteiger partial charge < -0.3 is 28.1 Å². The second kappa shape index (κ2) is 12.3. The molecule has 0 radical (unpaired) electrons. The number of carbonyl (C=O) groups is 1. The van der Waals surface area contributed by atoms with Gasteiger partial charge in [-0.1, -0.05) is 104 Å². The number of carbonyl (C=O) groups excluding carboxylic acids is 1. The summed E-state index contributed by atoms with van der Waals surface area (Å²) < 4.78 is 35.1. The summed E-state index contributed by atoms with van der Waals surface area (Å²) in [6, 6.07) is 18.0. The first kappa shape index (κ1) is 31.2. The lowest BCUT2D eigenvalue weighted by Gasteiger charge is -2.51. The molecule has 0 amide bonds. The minimum atomic E-state index is -2.50. The third-order valence-corrected chi connectivity index (χ3v) is 12.3. The van der Waals surface area contributed by atoms with Crippen molar-refractivity contribution in [1.29, 1.82) is 5.41 Å². The number of fused-ring (bicyclic) bond motifs is 1. The van der Waals surface area contributed by atoms with E-state index in [2.05, 4.69) is 33.9 Å². The van der Waals surface area contributed by atoms with Gasteiger partial charge in [0.05, 0.1) is 12.2 Å². The molecule has 4 rings (SSSR count). The van der Waals surface area contributed by atoms with Gasteiger partial charge in [-0.3, -0.25) is 5.41 Å². The van der Waals surface area contributed by atoms with Crippen LogP contribution in [-0.2, 0) is 28.1 Å². The first-order valence-electron chi connectivity index (χ1n) is 12.9. The Morgan fingerprint density at radius 2 is 1.52 bits per heavy atom. The van der Waals surface area contributed by atoms with E-state index in [4.69, 9.17) is 68.3 Å². The van der Waals surface area contributed by atoms with Crippen LogP contribution in [0.5, 0.6) is 0 Å². The van der Waals surface area contributed by atoms with E-state index in [0.29, 0.717) is 5.56 Å². The summed E-state index contributed by atoms with van der Waals surface area (Å²) >= 11 is 17.8. The van der Waals surface area contributed by atoms with E-state index in [-0.39, 0.29) is 11.6 Å². The second-order valence-electron chi connectivity index (χ2n) is 11.2. The van der Waals surface area contributed by atoms with Gasteiger partial charge in [-0.15, -0.1) is 0 Å². The van der Waals surface area contributed by atoms with Crippen LogP contribution in [0, 0.1) is 5.41 Å². The summed E-state index contributed by atoms with van der Waals surface area (Å²) in [5.74, 6) is -1.32. The van der Waals surface area contributed by atoms with Crippen molar-refractivity contribution < 1.29 is 32.9 Å². The van der Waals surface area contributed by atoms with Crippen molar-refractivity contribution in [2.45, 2.75) is 79.7 Å². The second-order valence-corrected chi connectivity index (χ2v) is 18.3. The molecule has 0 saturated carbocycles. The van der Waals surface area contributed by atoms with Gasteiger partial charge in [0.2, 0.25) is 12.2 Å². The van der Waals surface area contributed by atoms with Crippen LogP contribution in [0.15, 0.2) is 60.7 Å². The molecular weight excluding hydrogens is 597 g/mol. The number of nitrogens with one attached hydrogen (secondary N) is 1. The van der Waals surface area contributed by atoms with Crippen LogP contribution < -0.4 is 0 Å². The largest absolute Gasteiger partial charge is 0.449 e. The van der Waals surface area contributed by atoms with Crippen LogP contribution in [0.4, 0.5) is 0 Å². The molecule has 2 aliphatic heterocycles. The van der Waals surface area contributed by atoms with Crippen LogP contribution in [0.3, 0.4) is 0 Å². The monoisotopic (exact) mass is 629 g/mol. The quantitative estimate of drug-likeness (QED) is 0.123. The molecule has 1 N–H and O–H groups in total. The number of halogens is 3. The van der Waals surface area contributed by atoms with E-state index in [0.717, 1.165) is 5.56 Å². The van der Waals surface area contributed by atoms with Crippen molar-refractivity contribution in [3.05, 3.63) is 71.8 Å². The number of alkyl halides is 3. The van der Waals surface area contributed by atoms with Gasteiger partial charge in [0.1, 0.15) is 18.3 Å². The summed E-state index contributed by atoms with van der Waals surface area (Å²) in [6.45, 7) is 10.6. The normalized spacial score (nSPS) is 27.4. The molecule has 1 unspecified atom stereocenters. The predicted molar refractivity (Wildman–Crippen MR) is 155 cm³/mol. The Morgan fingerprint density at radius 3 is 2.10 bits per heavy atom. The van der Waals surface area contributed by atoms with E-state index in [1.165, 1.54) is 0 Å². The Balaban J connectivity index is 1.74. The number of esters is 1. The molecule has 0 aliphatic carbocycles. The van der Waals surface area contributed by atoms with Gasteiger partial charge in [-0.05, 0) is 30.3 Å². The summed E-state index contributed by atoms with van der Waals surface area (Å²) in [4.78, 5) is 13.3. The van der Waals surface area contributed by atoms with Gasteiger partial charge in [0.25, 0.3) is 3.79 Å². The van der Waals surface area contributed by atoms with E-state index in [1.807, 2.05) is 30.3 Å². The van der Waals surface area contributed by atoms with E-state index in [9.17, 15) is 4.79 Å². The first-order chi connectivity index (χ1) is 18.7. The molecule has 0 bridgehead atoms. The summed E-state index contributed by atoms with van der Waals surface area (Å²) in [6.07, 6.45) is -5.45. The molecule has 2 fully saturated rings. The smallest absolute Gasteiger partial charge is 0.338 e. The third kappa shape index (κ3) is 7.20. The van der Waals surface area contributed by atoms with Crippen molar-refractivity contribution in [2.24, 2.45) is 0 Å². The third-order valence-electron chi connectivity index (χ3n) is 7.34. The summed E-state index contributed by atoms with van der Waals surface area (Å²) in [5, 5.41) is 8.01. The highest BCUT2D eigenvalue weighted by Gasteiger charge is 2.56. The molecule has 40 heavy (non-hydrogen) atoms. The van der Waals surface area contributed by atoms with E-state index >= 15 is 0 Å². The Kier molecular flexibility index (Phi) is 9.59. The zero-order chi connectivity index (χ0) is 29.3. The molecule has 6 atom stereocenters. The molecule has 2 aromatic rings. The maximum absolute atomic E-state index is 13.3. The topological polar surface area (TPSA) is 96.3 Å². The van der Waals surface area contributed by atoms with Crippen molar-refractivity contribution in [1.82, 2.24) is 0 Å². The lowest BCUT2D eigenvalue weighted by Crippen LogP contribution is -2.66. The van der Waals surface area contributed by atoms with Gasteiger partial charge in [-0.25, -0.2) is 4.79 Å². The fourth-order valence-corrected chi connectivity index (χ4v) is 5.58. The Labute approximate surface area is 250 Å². The van der Waals surface area contributed by atoms with Crippen LogP contribution in [0.2, 0.25) is 18.1 Å². The van der Waals surface area contributed by atoms with Crippen LogP contribution in [-0.4, -0.2) is 61.3 Å². The lowest BCUT2D eigenvalue weighted by molar-refractivity contribution is -0.349. The molecular formula is C28H34Cl3NO7Si. The van der Waals surface area contributed by atoms with Crippen molar-refractivity contribution in [3.63, 3.8) is 0 Å². The van der Waals surface area contributed by atoms with Gasteiger partial charge in [0.15, 0.2) is 20.7 Å². The standard InChI is InChI=1S/C28H34Cl3NO7Si/c1-27(2,3)40(4,5)39-21-20-19(16-34-24(37-20)18-14-10-7-11-15-18)35-25(38-26(32)28(29,30)31)22(21)36-23(33)17-12-8-6-9-13-17/h6-15,19-22,24-25,32H,16H2,1-5H3/t19-,20-,21+,22-,24?,25-/m1/s1. The molecule has 2 aliphatic rings. The number of hydrogen-bond donors (Lipinski definition) is 1. The van der Waals surface area contributed by atoms with Gasteiger partial charge in [-0.2, -0.15) is 0 Å². The van der Waals surface area contributed by atoms with Crippen LogP contribution in [0.1, 0.15) is 43.0 Å². The fourth-order valence-electron chi connectivity index (χ4n) is 4.15. The highest BCUT2D eigenvalue weighted by molar-refractivity contribution is 6.76. The fraction of sp³-hybridized carbons (Fsp3) is 0.500. The Bertz CT molecular complexity index is 1170. The molecule has 2 heterocycles. The van der Waals surface area contributed by atoms with Crippen LogP contribution in [0.25, 0.3) is 0 Å². The van der Waals surface area contributed by atoms with Crippen molar-refractivity contribution in [2.75, 3.05) is 6.61 Å². The highest BCUT2D eigenvalue weighted by Crippen LogP contribution is 2.43. The molecule has 8 nitrogen and oxygen atoms in total. The van der Waals surface area contributed by atoms with Gasteiger partial charge >= 0.3 is 5.97 Å². The summed E-state index contributed by atoms with van der Waals surface area (Å²) in [7, 11) is -2.50. The average Bonchev–Trinajstić information content (AvgIpc) is 2.90. The maximum atomic E-state index is 13.3. The number of ether oxygens (including phenoxy) is 5. The molecule has 2 aromatic carbocycles. The lowest BCUT2D eigenvalue weighted by atomic mass is 9.97. The summed E-state index contributed by atoms with van der Waals surface area (Å²) in [5.41, 5.74) is 1.14. The number of hydrogen-bond acceptors (Lipinski definition) is 8. The maximum Gasteiger partial charge on any atom is 0.338 e. The molecule has 2 saturated heterocycles. The van der Waals surface area contributed by atoms with Crippen molar-refractivity contribution in [3.8, 4) is 0 Å². The van der Waals surface area contributed by atoms with Crippen LogP contribution >= 0.6 is 34.8 Å². The SMILES string of the molecule is CC(C)(C)[Si](C)(C)O[C@@H]1[C@@H](OC(=O)c2ccccc2)[C@@H](OC(=N)C(Cl)(Cl)Cl)O[C@@H]2COC(c3ccccc3)O[C@@H]12. The predicted octanol–water partition coefficient (Wildman–Crippen LogP) is 6.81. The Morgan fingerprint density at radius 1 is 0.925 bits per heavy atom. The van der Waals surface area contributed by atoms with Gasteiger partial charge in [0, 0.05) is 5.56 Å². The minimum Gasteiger partial charge on any atom is -0.449 e. The zero-order valence-electron chi connectivity index (χ0n) is 22.9. The average molecular weight is 631 g/mol. The number of benzene rings is 2. The van der Waals surface area contributed by atoms with E-state index < -0.39 is 61.0 Å². The van der Waals surface area contributed by atoms with E-state index in [1.54, 1.807) is 30.3 Å². The molecule has 12 heteroatoms. The molecule has 218 valence electrons. The Hall–Kier alpha value is -1.69. The molecule has 0 spiro atoms. The zero-order valence-corrected chi connectivity index (χ0v) is 26.2. The van der Waals surface area contributed by atoms with Crippen molar-refractivity contribution >= 4 is 55.0 Å². The first-order valence-corrected chi connectivity index (χ1v) is 17.0. The number of rotatable bonds is 6.